The first-order valence-corrected chi connectivity index (χ1v) is 6.56. The number of rotatable bonds is 4. The zero-order chi connectivity index (χ0) is 14.1. The van der Waals surface area contributed by atoms with Gasteiger partial charge in [-0.15, -0.1) is 0 Å². The first-order valence-electron chi connectivity index (χ1n) is 6.56. The van der Waals surface area contributed by atoms with E-state index >= 15 is 0 Å². The zero-order valence-corrected chi connectivity index (χ0v) is 10.9. The maximum atomic E-state index is 13.9. The van der Waals surface area contributed by atoms with Gasteiger partial charge in [0.1, 0.15) is 5.82 Å². The van der Waals surface area contributed by atoms with Gasteiger partial charge in [-0.2, -0.15) is 0 Å². The molecule has 0 saturated heterocycles. The first kappa shape index (κ1) is 12.8. The Balaban J connectivity index is 1.92. The van der Waals surface area contributed by atoms with Gasteiger partial charge in [0.15, 0.2) is 11.6 Å². The van der Waals surface area contributed by atoms with Crippen molar-refractivity contribution in [1.82, 2.24) is 4.98 Å². The van der Waals surface area contributed by atoms with Gasteiger partial charge in [0.2, 0.25) is 0 Å². The van der Waals surface area contributed by atoms with E-state index in [0.717, 1.165) is 30.7 Å². The molecule has 1 saturated carbocycles. The number of aromatic nitrogens is 1. The Morgan fingerprint density at radius 1 is 1.25 bits per heavy atom. The van der Waals surface area contributed by atoms with E-state index in [-0.39, 0.29) is 11.9 Å². The molecular weight excluding hydrogens is 260 g/mol. The van der Waals surface area contributed by atoms with Crippen molar-refractivity contribution in [3.05, 3.63) is 53.7 Å². The van der Waals surface area contributed by atoms with Crippen LogP contribution in [-0.4, -0.2) is 11.0 Å². The third-order valence-corrected chi connectivity index (χ3v) is 3.44. The lowest BCUT2D eigenvalue weighted by Crippen LogP contribution is -2.27. The zero-order valence-electron chi connectivity index (χ0n) is 10.9. The van der Waals surface area contributed by atoms with Gasteiger partial charge >= 0.3 is 0 Å². The predicted molar refractivity (Wildman–Crippen MR) is 74.2 cm³/mol. The summed E-state index contributed by atoms with van der Waals surface area (Å²) >= 11 is 0. The number of benzene rings is 1. The molecule has 5 heteroatoms. The summed E-state index contributed by atoms with van der Waals surface area (Å²) in [5.41, 5.74) is 7.52. The van der Waals surface area contributed by atoms with E-state index in [0.29, 0.717) is 12.2 Å². The van der Waals surface area contributed by atoms with E-state index in [1.54, 1.807) is 0 Å². The van der Waals surface area contributed by atoms with Crippen molar-refractivity contribution in [3.8, 4) is 0 Å². The lowest BCUT2D eigenvalue weighted by molar-refractivity contribution is 0.565. The summed E-state index contributed by atoms with van der Waals surface area (Å²) in [5.74, 6) is -1.11. The van der Waals surface area contributed by atoms with Crippen LogP contribution in [-0.2, 0) is 6.54 Å². The molecule has 3 nitrogen and oxygen atoms in total. The number of hydrogen-bond donors (Lipinski definition) is 1. The minimum atomic E-state index is -0.666. The number of nitrogens with zero attached hydrogens (tertiary/aromatic N) is 2. The van der Waals surface area contributed by atoms with Crippen LogP contribution in [0.5, 0.6) is 0 Å². The van der Waals surface area contributed by atoms with Gasteiger partial charge in [0.05, 0.1) is 6.20 Å². The van der Waals surface area contributed by atoms with Gasteiger partial charge in [0.25, 0.3) is 0 Å². The van der Waals surface area contributed by atoms with Gasteiger partial charge in [-0.05, 0) is 24.5 Å². The van der Waals surface area contributed by atoms with Crippen LogP contribution in [0.3, 0.4) is 0 Å². The molecule has 20 heavy (non-hydrogen) atoms. The highest BCUT2D eigenvalue weighted by atomic mass is 19.1. The number of halogens is 2. The molecule has 0 spiro atoms. The SMILES string of the molecule is Nc1ccccc1CN(c1ncc(F)cc1F)C1CC1. The molecule has 0 aliphatic heterocycles. The van der Waals surface area contributed by atoms with Gasteiger partial charge in [-0.1, -0.05) is 18.2 Å². The smallest absolute Gasteiger partial charge is 0.168 e. The number of anilines is 2. The van der Waals surface area contributed by atoms with Crippen molar-refractivity contribution in [2.24, 2.45) is 0 Å². The summed E-state index contributed by atoms with van der Waals surface area (Å²) < 4.78 is 26.9. The van der Waals surface area contributed by atoms with E-state index in [4.69, 9.17) is 5.73 Å². The molecule has 104 valence electrons. The first-order chi connectivity index (χ1) is 9.65. The summed E-state index contributed by atoms with van der Waals surface area (Å²) in [7, 11) is 0. The minimum Gasteiger partial charge on any atom is -0.398 e. The van der Waals surface area contributed by atoms with Crippen LogP contribution in [0.25, 0.3) is 0 Å². The van der Waals surface area contributed by atoms with Crippen molar-refractivity contribution in [1.29, 1.82) is 0 Å². The molecule has 1 fully saturated rings. The molecule has 1 heterocycles. The maximum Gasteiger partial charge on any atom is 0.168 e. The van der Waals surface area contributed by atoms with E-state index in [2.05, 4.69) is 4.98 Å². The van der Waals surface area contributed by atoms with Crippen LogP contribution in [0, 0.1) is 11.6 Å². The van der Waals surface area contributed by atoms with Crippen LogP contribution in [0.1, 0.15) is 18.4 Å². The van der Waals surface area contributed by atoms with Gasteiger partial charge in [0, 0.05) is 24.3 Å². The Morgan fingerprint density at radius 3 is 2.65 bits per heavy atom. The second kappa shape index (κ2) is 5.07. The maximum absolute atomic E-state index is 13.9. The normalized spacial score (nSPS) is 14.3. The highest BCUT2D eigenvalue weighted by Gasteiger charge is 2.32. The molecule has 1 aliphatic rings. The van der Waals surface area contributed by atoms with Crippen molar-refractivity contribution in [2.75, 3.05) is 10.6 Å². The average molecular weight is 275 g/mol. The highest BCUT2D eigenvalue weighted by molar-refractivity contribution is 5.51. The van der Waals surface area contributed by atoms with E-state index in [1.807, 2.05) is 29.2 Å². The monoisotopic (exact) mass is 275 g/mol. The molecule has 3 rings (SSSR count). The van der Waals surface area contributed by atoms with Crippen molar-refractivity contribution in [2.45, 2.75) is 25.4 Å². The van der Waals surface area contributed by atoms with Crippen LogP contribution < -0.4 is 10.6 Å². The fourth-order valence-electron chi connectivity index (χ4n) is 2.24. The van der Waals surface area contributed by atoms with Crippen molar-refractivity contribution in [3.63, 3.8) is 0 Å². The number of nitrogens with two attached hydrogens (primary N) is 1. The number of hydrogen-bond acceptors (Lipinski definition) is 3. The highest BCUT2D eigenvalue weighted by Crippen LogP contribution is 2.34. The lowest BCUT2D eigenvalue weighted by atomic mass is 10.1. The minimum absolute atomic E-state index is 0.192. The van der Waals surface area contributed by atoms with Crippen LogP contribution in [0.15, 0.2) is 36.5 Å². The van der Waals surface area contributed by atoms with Gasteiger partial charge in [-0.25, -0.2) is 13.8 Å². The van der Waals surface area contributed by atoms with Gasteiger partial charge < -0.3 is 10.6 Å². The van der Waals surface area contributed by atoms with E-state index in [1.165, 1.54) is 0 Å². The molecule has 0 radical (unpaired) electrons. The van der Waals surface area contributed by atoms with E-state index < -0.39 is 11.6 Å². The summed E-state index contributed by atoms with van der Waals surface area (Å²) in [6.07, 6.45) is 3.03. The Kier molecular flexibility index (Phi) is 3.26. The fraction of sp³-hybridized carbons (Fsp3) is 0.267. The fourth-order valence-corrected chi connectivity index (χ4v) is 2.24. The van der Waals surface area contributed by atoms with Gasteiger partial charge in [-0.3, -0.25) is 0 Å². The molecule has 0 atom stereocenters. The third-order valence-electron chi connectivity index (χ3n) is 3.44. The second-order valence-corrected chi connectivity index (χ2v) is 5.02. The van der Waals surface area contributed by atoms with E-state index in [9.17, 15) is 8.78 Å². The summed E-state index contributed by atoms with van der Waals surface area (Å²) in [4.78, 5) is 5.76. The molecule has 2 aromatic rings. The standard InChI is InChI=1S/C15H15F2N3/c16-11-7-13(17)15(19-8-11)20(12-5-6-12)9-10-3-1-2-4-14(10)18/h1-4,7-8,12H,5-6,9,18H2. The Labute approximate surface area is 116 Å². The summed E-state index contributed by atoms with van der Waals surface area (Å²) in [6.45, 7) is 0.479. The topological polar surface area (TPSA) is 42.1 Å². The summed E-state index contributed by atoms with van der Waals surface area (Å²) in [6, 6.07) is 8.59. The quantitative estimate of drug-likeness (QED) is 0.872. The number of pyridine rings is 1. The molecule has 1 aliphatic carbocycles. The second-order valence-electron chi connectivity index (χ2n) is 5.02. The summed E-state index contributed by atoms with van der Waals surface area (Å²) in [5, 5.41) is 0. The average Bonchev–Trinajstić information content (AvgIpc) is 3.23. The van der Waals surface area contributed by atoms with Crippen LogP contribution in [0.4, 0.5) is 20.3 Å². The van der Waals surface area contributed by atoms with Crippen molar-refractivity contribution >= 4 is 11.5 Å². The van der Waals surface area contributed by atoms with Crippen molar-refractivity contribution < 1.29 is 8.78 Å². The molecule has 0 unspecified atom stereocenters. The Morgan fingerprint density at radius 2 is 2.00 bits per heavy atom. The Hall–Kier alpha value is -2.17. The largest absolute Gasteiger partial charge is 0.398 e. The molecular formula is C15H15F2N3. The molecule has 1 aromatic heterocycles. The molecule has 0 amide bonds. The molecule has 2 N–H and O–H groups in total. The third kappa shape index (κ3) is 2.57. The van der Waals surface area contributed by atoms with Crippen LogP contribution >= 0.6 is 0 Å². The number of nitrogen functional groups attached to an aromatic ring is 1. The molecule has 0 bridgehead atoms. The molecule has 1 aromatic carbocycles. The Bertz CT molecular complexity index is 626. The predicted octanol–water partition coefficient (Wildman–Crippen LogP) is 3.11. The lowest BCUT2D eigenvalue weighted by Gasteiger charge is -2.24. The number of para-hydroxylation sites is 1. The van der Waals surface area contributed by atoms with Crippen LogP contribution in [0.2, 0.25) is 0 Å².